The van der Waals surface area contributed by atoms with E-state index in [0.29, 0.717) is 17.7 Å². The van der Waals surface area contributed by atoms with E-state index in [4.69, 9.17) is 0 Å². The Morgan fingerprint density at radius 2 is 1.90 bits per heavy atom. The van der Waals surface area contributed by atoms with Crippen molar-refractivity contribution < 1.29 is 4.79 Å². The fraction of sp³-hybridized carbons (Fsp3) is 0.643. The smallest absolute Gasteiger partial charge is 0.325 e. The van der Waals surface area contributed by atoms with E-state index in [1.54, 1.807) is 6.92 Å². The average molecular weight is 279 g/mol. The van der Waals surface area contributed by atoms with Gasteiger partial charge < -0.3 is 10.3 Å². The number of nitrogens with one attached hydrogen (secondary N) is 3. The van der Waals surface area contributed by atoms with Crippen LogP contribution in [0.2, 0.25) is 0 Å². The van der Waals surface area contributed by atoms with Gasteiger partial charge in [0.25, 0.3) is 5.56 Å². The monoisotopic (exact) mass is 279 g/mol. The minimum atomic E-state index is -0.511. The molecule has 6 nitrogen and oxygen atoms in total. The topological polar surface area (TPSA) is 94.8 Å². The molecule has 0 radical (unpaired) electrons. The van der Waals surface area contributed by atoms with Crippen molar-refractivity contribution in [1.29, 1.82) is 0 Å². The van der Waals surface area contributed by atoms with E-state index in [-0.39, 0.29) is 18.4 Å². The number of rotatable bonds is 4. The molecule has 0 bridgehead atoms. The fourth-order valence-corrected chi connectivity index (χ4v) is 2.71. The zero-order valence-corrected chi connectivity index (χ0v) is 11.8. The number of aryl methyl sites for hydroxylation is 1. The lowest BCUT2D eigenvalue weighted by atomic mass is 9.95. The highest BCUT2D eigenvalue weighted by Crippen LogP contribution is 2.17. The molecule has 0 aromatic carbocycles. The number of H-pyrrole nitrogens is 2. The summed E-state index contributed by atoms with van der Waals surface area (Å²) in [4.78, 5) is 39.3. The van der Waals surface area contributed by atoms with Crippen LogP contribution < -0.4 is 16.6 Å². The molecule has 20 heavy (non-hydrogen) atoms. The third kappa shape index (κ3) is 3.82. The van der Waals surface area contributed by atoms with Crippen LogP contribution in [0.4, 0.5) is 0 Å². The van der Waals surface area contributed by atoms with Crippen molar-refractivity contribution in [3.8, 4) is 0 Å². The maximum Gasteiger partial charge on any atom is 0.325 e. The summed E-state index contributed by atoms with van der Waals surface area (Å²) in [7, 11) is 0. The molecule has 1 fully saturated rings. The largest absolute Gasteiger partial charge is 0.353 e. The summed E-state index contributed by atoms with van der Waals surface area (Å²) >= 11 is 0. The summed E-state index contributed by atoms with van der Waals surface area (Å²) in [6.07, 6.45) is 6.29. The molecule has 110 valence electrons. The predicted octanol–water partition coefficient (Wildman–Crippen LogP) is 0.753. The van der Waals surface area contributed by atoms with Gasteiger partial charge in [-0.3, -0.25) is 14.6 Å². The SMILES string of the molecule is Cc1[nH]c(=O)[nH]c(=O)c1CCC(=O)NC1CCCCC1. The lowest BCUT2D eigenvalue weighted by Gasteiger charge is -2.22. The second-order valence-corrected chi connectivity index (χ2v) is 5.41. The van der Waals surface area contributed by atoms with Crippen LogP contribution in [0.3, 0.4) is 0 Å². The number of aromatic amines is 2. The van der Waals surface area contributed by atoms with Gasteiger partial charge in [-0.25, -0.2) is 4.79 Å². The van der Waals surface area contributed by atoms with Crippen LogP contribution in [0.5, 0.6) is 0 Å². The Kier molecular flexibility index (Phi) is 4.76. The lowest BCUT2D eigenvalue weighted by Crippen LogP contribution is -2.36. The molecule has 1 saturated carbocycles. The number of aromatic nitrogens is 2. The van der Waals surface area contributed by atoms with Gasteiger partial charge in [-0.1, -0.05) is 19.3 Å². The second-order valence-electron chi connectivity index (χ2n) is 5.41. The van der Waals surface area contributed by atoms with Gasteiger partial charge in [-0.15, -0.1) is 0 Å². The Morgan fingerprint density at radius 1 is 1.20 bits per heavy atom. The Balaban J connectivity index is 1.90. The van der Waals surface area contributed by atoms with Crippen LogP contribution in [0, 0.1) is 6.92 Å². The molecule has 0 aliphatic heterocycles. The van der Waals surface area contributed by atoms with E-state index < -0.39 is 11.2 Å². The van der Waals surface area contributed by atoms with Crippen LogP contribution in [0.1, 0.15) is 49.8 Å². The molecule has 3 N–H and O–H groups in total. The van der Waals surface area contributed by atoms with Crippen LogP contribution >= 0.6 is 0 Å². The van der Waals surface area contributed by atoms with Gasteiger partial charge in [-0.2, -0.15) is 0 Å². The first-order chi connectivity index (χ1) is 9.56. The summed E-state index contributed by atoms with van der Waals surface area (Å²) in [5.74, 6) is -0.0260. The Hall–Kier alpha value is -1.85. The molecule has 0 spiro atoms. The van der Waals surface area contributed by atoms with Crippen molar-refractivity contribution in [3.63, 3.8) is 0 Å². The van der Waals surface area contributed by atoms with Gasteiger partial charge in [0.1, 0.15) is 0 Å². The van der Waals surface area contributed by atoms with Crippen molar-refractivity contribution in [3.05, 3.63) is 32.1 Å². The van der Waals surface area contributed by atoms with E-state index in [0.717, 1.165) is 12.8 Å². The molecule has 0 saturated heterocycles. The highest BCUT2D eigenvalue weighted by molar-refractivity contribution is 5.76. The van der Waals surface area contributed by atoms with Gasteiger partial charge in [0.15, 0.2) is 0 Å². The summed E-state index contributed by atoms with van der Waals surface area (Å²) in [5, 5.41) is 3.02. The number of carbonyl (C=O) groups excluding carboxylic acids is 1. The van der Waals surface area contributed by atoms with E-state index in [9.17, 15) is 14.4 Å². The van der Waals surface area contributed by atoms with Crippen LogP contribution in [-0.4, -0.2) is 21.9 Å². The van der Waals surface area contributed by atoms with Crippen LogP contribution in [0.25, 0.3) is 0 Å². The first-order valence-corrected chi connectivity index (χ1v) is 7.17. The van der Waals surface area contributed by atoms with Crippen LogP contribution in [-0.2, 0) is 11.2 Å². The van der Waals surface area contributed by atoms with Crippen molar-refractivity contribution in [2.24, 2.45) is 0 Å². The molecule has 1 aliphatic rings. The van der Waals surface area contributed by atoms with Crippen LogP contribution in [0.15, 0.2) is 9.59 Å². The van der Waals surface area contributed by atoms with Crippen molar-refractivity contribution in [2.45, 2.75) is 57.9 Å². The van der Waals surface area contributed by atoms with E-state index >= 15 is 0 Å². The molecule has 1 amide bonds. The average Bonchev–Trinajstić information content (AvgIpc) is 2.38. The molecule has 1 heterocycles. The highest BCUT2D eigenvalue weighted by Gasteiger charge is 2.16. The van der Waals surface area contributed by atoms with Gasteiger partial charge in [0, 0.05) is 23.7 Å². The molecular formula is C14H21N3O3. The van der Waals surface area contributed by atoms with E-state index in [2.05, 4.69) is 15.3 Å². The summed E-state index contributed by atoms with van der Waals surface area (Å²) in [6, 6.07) is 0.284. The minimum Gasteiger partial charge on any atom is -0.353 e. The quantitative estimate of drug-likeness (QED) is 0.759. The summed E-state index contributed by atoms with van der Waals surface area (Å²) in [6.45, 7) is 1.67. The van der Waals surface area contributed by atoms with E-state index in [1.807, 2.05) is 0 Å². The van der Waals surface area contributed by atoms with Gasteiger partial charge in [-0.05, 0) is 26.2 Å². The molecule has 2 rings (SSSR count). The molecule has 1 aromatic heterocycles. The third-order valence-corrected chi connectivity index (χ3v) is 3.83. The Morgan fingerprint density at radius 3 is 2.55 bits per heavy atom. The lowest BCUT2D eigenvalue weighted by molar-refractivity contribution is -0.121. The van der Waals surface area contributed by atoms with E-state index in [1.165, 1.54) is 19.3 Å². The third-order valence-electron chi connectivity index (χ3n) is 3.83. The molecule has 1 aromatic rings. The maximum absolute atomic E-state index is 11.9. The minimum absolute atomic E-state index is 0.0260. The first-order valence-electron chi connectivity index (χ1n) is 7.17. The van der Waals surface area contributed by atoms with Crippen molar-refractivity contribution in [2.75, 3.05) is 0 Å². The number of carbonyl (C=O) groups is 1. The summed E-state index contributed by atoms with van der Waals surface area (Å²) in [5.41, 5.74) is 0.0900. The van der Waals surface area contributed by atoms with Crippen molar-refractivity contribution >= 4 is 5.91 Å². The zero-order valence-electron chi connectivity index (χ0n) is 11.8. The molecule has 1 aliphatic carbocycles. The van der Waals surface area contributed by atoms with Gasteiger partial charge in [0.2, 0.25) is 5.91 Å². The van der Waals surface area contributed by atoms with Crippen molar-refractivity contribution in [1.82, 2.24) is 15.3 Å². The Bertz CT molecular complexity index is 582. The zero-order chi connectivity index (χ0) is 14.5. The number of amides is 1. The molecule has 0 unspecified atom stereocenters. The second kappa shape index (κ2) is 6.54. The predicted molar refractivity (Wildman–Crippen MR) is 75.8 cm³/mol. The fourth-order valence-electron chi connectivity index (χ4n) is 2.71. The normalized spacial score (nSPS) is 16.1. The van der Waals surface area contributed by atoms with Gasteiger partial charge in [0.05, 0.1) is 0 Å². The highest BCUT2D eigenvalue weighted by atomic mass is 16.2. The molecule has 6 heteroatoms. The summed E-state index contributed by atoms with van der Waals surface area (Å²) < 4.78 is 0. The number of hydrogen-bond acceptors (Lipinski definition) is 3. The van der Waals surface area contributed by atoms with Gasteiger partial charge >= 0.3 is 5.69 Å². The molecular weight excluding hydrogens is 258 g/mol. The maximum atomic E-state index is 11.9. The number of hydrogen-bond donors (Lipinski definition) is 3. The Labute approximate surface area is 117 Å². The molecule has 0 atom stereocenters. The first kappa shape index (κ1) is 14.6. The standard InChI is InChI=1S/C14H21N3O3/c1-9-11(13(19)17-14(20)15-9)7-8-12(18)16-10-5-3-2-4-6-10/h10H,2-8H2,1H3,(H,16,18)(H2,15,17,19,20).